The van der Waals surface area contributed by atoms with Crippen LogP contribution >= 0.6 is 0 Å². The Balaban J connectivity index is 2.61. The minimum Gasteiger partial charge on any atom is -0.343 e. The molecule has 2 amide bonds. The number of hydrogen-bond acceptors (Lipinski definition) is 2. The van der Waals surface area contributed by atoms with E-state index >= 15 is 0 Å². The van der Waals surface area contributed by atoms with Crippen LogP contribution in [0.15, 0.2) is 24.3 Å². The summed E-state index contributed by atoms with van der Waals surface area (Å²) in [5.74, 6) is -1.72. The van der Waals surface area contributed by atoms with Crippen LogP contribution in [0.1, 0.15) is 39.3 Å². The number of carbonyl (C=O) groups is 2. The van der Waals surface area contributed by atoms with Gasteiger partial charge in [0, 0.05) is 5.54 Å². The molecular formula is C14H19FN2O2. The molecule has 0 saturated heterocycles. The maximum Gasteiger partial charge on any atom is 0.309 e. The monoisotopic (exact) mass is 266 g/mol. The van der Waals surface area contributed by atoms with Crippen molar-refractivity contribution in [3.63, 3.8) is 0 Å². The summed E-state index contributed by atoms with van der Waals surface area (Å²) in [4.78, 5) is 23.3. The summed E-state index contributed by atoms with van der Waals surface area (Å²) in [5.41, 5.74) is 0.270. The van der Waals surface area contributed by atoms with Crippen molar-refractivity contribution < 1.29 is 14.0 Å². The number of amides is 2. The van der Waals surface area contributed by atoms with Crippen LogP contribution in [0.5, 0.6) is 0 Å². The molecule has 104 valence electrons. The fourth-order valence-corrected chi connectivity index (χ4v) is 1.49. The fraction of sp³-hybridized carbons (Fsp3) is 0.429. The largest absolute Gasteiger partial charge is 0.343 e. The third-order valence-corrected chi connectivity index (χ3v) is 2.41. The van der Waals surface area contributed by atoms with Gasteiger partial charge in [0.1, 0.15) is 5.82 Å². The fourth-order valence-electron chi connectivity index (χ4n) is 1.49. The van der Waals surface area contributed by atoms with Gasteiger partial charge in [-0.25, -0.2) is 4.39 Å². The zero-order valence-corrected chi connectivity index (χ0v) is 11.6. The third-order valence-electron chi connectivity index (χ3n) is 2.41. The lowest BCUT2D eigenvalue weighted by Gasteiger charge is -2.21. The minimum atomic E-state index is -0.702. The lowest BCUT2D eigenvalue weighted by molar-refractivity contribution is -0.140. The zero-order valence-electron chi connectivity index (χ0n) is 11.6. The van der Waals surface area contributed by atoms with Gasteiger partial charge < -0.3 is 10.6 Å². The van der Waals surface area contributed by atoms with Gasteiger partial charge in [0.05, 0.1) is 6.04 Å². The summed E-state index contributed by atoms with van der Waals surface area (Å²) in [6, 6.07) is 5.41. The standard InChI is InChI=1S/C14H19FN2O2/c1-9(10-5-7-11(15)8-6-10)16-12(18)13(19)17-14(2,3)4/h5-9H,1-4H3,(H,16,18)(H,17,19). The molecule has 0 heterocycles. The highest BCUT2D eigenvalue weighted by molar-refractivity contribution is 6.35. The molecule has 0 saturated carbocycles. The lowest BCUT2D eigenvalue weighted by atomic mass is 10.1. The Bertz CT molecular complexity index is 463. The summed E-state index contributed by atoms with van der Waals surface area (Å²) < 4.78 is 12.8. The van der Waals surface area contributed by atoms with Crippen LogP contribution in [0.4, 0.5) is 4.39 Å². The van der Waals surface area contributed by atoms with E-state index in [0.717, 1.165) is 5.56 Å². The highest BCUT2D eigenvalue weighted by atomic mass is 19.1. The van der Waals surface area contributed by atoms with Crippen molar-refractivity contribution >= 4 is 11.8 Å². The number of benzene rings is 1. The number of nitrogens with one attached hydrogen (secondary N) is 2. The SMILES string of the molecule is CC(NC(=O)C(=O)NC(C)(C)C)c1ccc(F)cc1. The first kappa shape index (κ1) is 15.1. The van der Waals surface area contributed by atoms with Gasteiger partial charge in [-0.2, -0.15) is 0 Å². The van der Waals surface area contributed by atoms with Crippen molar-refractivity contribution in [3.8, 4) is 0 Å². The molecule has 0 aliphatic rings. The van der Waals surface area contributed by atoms with E-state index in [4.69, 9.17) is 0 Å². The summed E-state index contributed by atoms with van der Waals surface area (Å²) in [6.07, 6.45) is 0. The van der Waals surface area contributed by atoms with Crippen LogP contribution in [0.3, 0.4) is 0 Å². The zero-order chi connectivity index (χ0) is 14.6. The van der Waals surface area contributed by atoms with E-state index in [1.165, 1.54) is 12.1 Å². The van der Waals surface area contributed by atoms with E-state index in [-0.39, 0.29) is 11.9 Å². The summed E-state index contributed by atoms with van der Waals surface area (Å²) in [6.45, 7) is 7.11. The molecule has 1 rings (SSSR count). The first-order chi connectivity index (χ1) is 8.69. The second-order valence-electron chi connectivity index (χ2n) is 5.45. The molecule has 0 bridgehead atoms. The number of rotatable bonds is 2. The Labute approximate surface area is 112 Å². The van der Waals surface area contributed by atoms with Crippen LogP contribution < -0.4 is 10.6 Å². The maximum absolute atomic E-state index is 12.8. The molecule has 1 aromatic carbocycles. The molecular weight excluding hydrogens is 247 g/mol. The molecule has 0 aliphatic carbocycles. The highest BCUT2D eigenvalue weighted by Crippen LogP contribution is 2.12. The quantitative estimate of drug-likeness (QED) is 0.803. The summed E-state index contributed by atoms with van der Waals surface area (Å²) in [7, 11) is 0. The van der Waals surface area contributed by atoms with Gasteiger partial charge in [-0.15, -0.1) is 0 Å². The maximum atomic E-state index is 12.8. The molecule has 1 atom stereocenters. The van der Waals surface area contributed by atoms with Gasteiger partial charge in [-0.1, -0.05) is 12.1 Å². The van der Waals surface area contributed by atoms with Gasteiger partial charge in [-0.05, 0) is 45.4 Å². The van der Waals surface area contributed by atoms with Crippen LogP contribution in [0.25, 0.3) is 0 Å². The predicted molar refractivity (Wildman–Crippen MR) is 70.9 cm³/mol. The van der Waals surface area contributed by atoms with E-state index in [2.05, 4.69) is 10.6 Å². The van der Waals surface area contributed by atoms with Gasteiger partial charge in [0.25, 0.3) is 0 Å². The Morgan fingerprint density at radius 2 is 1.63 bits per heavy atom. The van der Waals surface area contributed by atoms with Gasteiger partial charge >= 0.3 is 11.8 Å². The first-order valence-corrected chi connectivity index (χ1v) is 6.07. The summed E-state index contributed by atoms with van der Waals surface area (Å²) >= 11 is 0. The van der Waals surface area contributed by atoms with Crippen molar-refractivity contribution in [1.82, 2.24) is 10.6 Å². The van der Waals surface area contributed by atoms with Crippen molar-refractivity contribution in [1.29, 1.82) is 0 Å². The van der Waals surface area contributed by atoms with E-state index < -0.39 is 17.4 Å². The molecule has 0 spiro atoms. The molecule has 0 fully saturated rings. The predicted octanol–water partition coefficient (Wildman–Crippen LogP) is 1.92. The second kappa shape index (κ2) is 5.82. The number of carbonyl (C=O) groups excluding carboxylic acids is 2. The van der Waals surface area contributed by atoms with Gasteiger partial charge in [0.2, 0.25) is 0 Å². The van der Waals surface area contributed by atoms with E-state index in [0.29, 0.717) is 0 Å². The smallest absolute Gasteiger partial charge is 0.309 e. The van der Waals surface area contributed by atoms with Gasteiger partial charge in [-0.3, -0.25) is 9.59 Å². The molecule has 4 nitrogen and oxygen atoms in total. The molecule has 1 unspecified atom stereocenters. The van der Waals surface area contributed by atoms with Gasteiger partial charge in [0.15, 0.2) is 0 Å². The van der Waals surface area contributed by atoms with E-state index in [9.17, 15) is 14.0 Å². The summed E-state index contributed by atoms with van der Waals surface area (Å²) in [5, 5.41) is 5.14. The average molecular weight is 266 g/mol. The molecule has 0 radical (unpaired) electrons. The van der Waals surface area contributed by atoms with Crippen LogP contribution in [-0.4, -0.2) is 17.4 Å². The molecule has 2 N–H and O–H groups in total. The molecule has 0 aliphatic heterocycles. The Morgan fingerprint density at radius 1 is 1.11 bits per heavy atom. The van der Waals surface area contributed by atoms with Crippen LogP contribution in [0, 0.1) is 5.82 Å². The normalized spacial score (nSPS) is 12.7. The third kappa shape index (κ3) is 5.07. The van der Waals surface area contributed by atoms with E-state index in [1.54, 1.807) is 39.8 Å². The minimum absolute atomic E-state index is 0.340. The van der Waals surface area contributed by atoms with Crippen molar-refractivity contribution in [2.75, 3.05) is 0 Å². The second-order valence-corrected chi connectivity index (χ2v) is 5.45. The molecule has 5 heteroatoms. The lowest BCUT2D eigenvalue weighted by Crippen LogP contribution is -2.48. The van der Waals surface area contributed by atoms with Crippen molar-refractivity contribution in [3.05, 3.63) is 35.6 Å². The number of hydrogen-bond donors (Lipinski definition) is 2. The average Bonchev–Trinajstić information content (AvgIpc) is 2.27. The van der Waals surface area contributed by atoms with E-state index in [1.807, 2.05) is 0 Å². The Morgan fingerprint density at radius 3 is 2.11 bits per heavy atom. The first-order valence-electron chi connectivity index (χ1n) is 6.07. The van der Waals surface area contributed by atoms with Crippen LogP contribution in [-0.2, 0) is 9.59 Å². The van der Waals surface area contributed by atoms with Crippen LogP contribution in [0.2, 0.25) is 0 Å². The van der Waals surface area contributed by atoms with Crippen molar-refractivity contribution in [2.24, 2.45) is 0 Å². The Kier molecular flexibility index (Phi) is 4.64. The molecule has 0 aromatic heterocycles. The molecule has 19 heavy (non-hydrogen) atoms. The topological polar surface area (TPSA) is 58.2 Å². The van der Waals surface area contributed by atoms with Crippen molar-refractivity contribution in [2.45, 2.75) is 39.3 Å². The number of halogens is 1. The molecule has 1 aromatic rings. The Hall–Kier alpha value is -1.91. The highest BCUT2D eigenvalue weighted by Gasteiger charge is 2.21.